The van der Waals surface area contributed by atoms with Gasteiger partial charge in [0.1, 0.15) is 28.7 Å². The lowest BCUT2D eigenvalue weighted by Crippen LogP contribution is -1.90. The lowest BCUT2D eigenvalue weighted by atomic mass is 10.0. The fraction of sp³-hybridized carbons (Fsp3) is 0.0769. The van der Waals surface area contributed by atoms with Crippen molar-refractivity contribution in [2.24, 2.45) is 0 Å². The first kappa shape index (κ1) is 11.9. The van der Waals surface area contributed by atoms with Gasteiger partial charge in [0.2, 0.25) is 0 Å². The Bertz CT molecular complexity index is 549. The molecule has 0 aliphatic heterocycles. The van der Waals surface area contributed by atoms with Gasteiger partial charge < -0.3 is 25.5 Å². The number of phenols is 5. The highest BCUT2D eigenvalue weighted by Gasteiger charge is 2.11. The van der Waals surface area contributed by atoms with Gasteiger partial charge in [-0.05, 0) is 17.7 Å². The monoisotopic (exact) mass is 248 g/mol. The molecule has 0 saturated carbocycles. The van der Waals surface area contributed by atoms with Gasteiger partial charge in [-0.15, -0.1) is 0 Å². The van der Waals surface area contributed by atoms with Crippen molar-refractivity contribution in [1.29, 1.82) is 0 Å². The van der Waals surface area contributed by atoms with Crippen molar-refractivity contribution >= 4 is 0 Å². The topological polar surface area (TPSA) is 101 Å². The Hall–Kier alpha value is -2.56. The van der Waals surface area contributed by atoms with Crippen LogP contribution in [0.25, 0.3) is 0 Å². The Morgan fingerprint density at radius 1 is 0.611 bits per heavy atom. The lowest BCUT2D eigenvalue weighted by Gasteiger charge is -2.09. The zero-order valence-electron chi connectivity index (χ0n) is 9.33. The first-order valence-electron chi connectivity index (χ1n) is 5.21. The molecule has 0 radical (unpaired) electrons. The van der Waals surface area contributed by atoms with E-state index in [2.05, 4.69) is 0 Å². The molecule has 0 spiro atoms. The van der Waals surface area contributed by atoms with Crippen molar-refractivity contribution in [2.45, 2.75) is 6.42 Å². The van der Waals surface area contributed by atoms with Crippen LogP contribution < -0.4 is 0 Å². The molecule has 0 aliphatic rings. The highest BCUT2D eigenvalue weighted by Crippen LogP contribution is 2.34. The predicted molar refractivity (Wildman–Crippen MR) is 64.0 cm³/mol. The summed E-state index contributed by atoms with van der Waals surface area (Å²) in [4.78, 5) is 0. The van der Waals surface area contributed by atoms with E-state index in [1.165, 1.54) is 18.2 Å². The summed E-state index contributed by atoms with van der Waals surface area (Å²) >= 11 is 0. The van der Waals surface area contributed by atoms with Gasteiger partial charge in [0.15, 0.2) is 0 Å². The lowest BCUT2D eigenvalue weighted by molar-refractivity contribution is 0.420. The molecule has 5 nitrogen and oxygen atoms in total. The van der Waals surface area contributed by atoms with E-state index < -0.39 is 0 Å². The van der Waals surface area contributed by atoms with Crippen LogP contribution in [-0.4, -0.2) is 25.5 Å². The first-order chi connectivity index (χ1) is 8.45. The Morgan fingerprint density at radius 2 is 1.06 bits per heavy atom. The second-order valence-electron chi connectivity index (χ2n) is 4.00. The average Bonchev–Trinajstić information content (AvgIpc) is 2.22. The summed E-state index contributed by atoms with van der Waals surface area (Å²) in [5.74, 6) is -0.969. The summed E-state index contributed by atoms with van der Waals surface area (Å²) in [6.45, 7) is 0. The van der Waals surface area contributed by atoms with Gasteiger partial charge in [-0.25, -0.2) is 0 Å². The first-order valence-corrected chi connectivity index (χ1v) is 5.21. The van der Waals surface area contributed by atoms with Crippen LogP contribution in [0.4, 0.5) is 0 Å². The van der Waals surface area contributed by atoms with Gasteiger partial charge in [-0.1, -0.05) is 0 Å². The Morgan fingerprint density at radius 3 is 1.56 bits per heavy atom. The summed E-state index contributed by atoms with van der Waals surface area (Å²) in [5, 5.41) is 47.1. The van der Waals surface area contributed by atoms with Crippen LogP contribution in [0.5, 0.6) is 28.7 Å². The maximum atomic E-state index is 9.63. The molecule has 0 fully saturated rings. The van der Waals surface area contributed by atoms with Gasteiger partial charge >= 0.3 is 0 Å². The largest absolute Gasteiger partial charge is 0.508 e. The number of rotatable bonds is 2. The summed E-state index contributed by atoms with van der Waals surface area (Å²) in [6.07, 6.45) is 0.111. The predicted octanol–water partition coefficient (Wildman–Crippen LogP) is 1.81. The van der Waals surface area contributed by atoms with Crippen LogP contribution >= 0.6 is 0 Å². The zero-order chi connectivity index (χ0) is 13.3. The minimum atomic E-state index is -0.254. The molecule has 0 heterocycles. The van der Waals surface area contributed by atoms with Crippen molar-refractivity contribution in [3.05, 3.63) is 41.5 Å². The Balaban J connectivity index is 2.40. The molecular formula is C13H12O5. The van der Waals surface area contributed by atoms with E-state index in [1.54, 1.807) is 0 Å². The van der Waals surface area contributed by atoms with Gasteiger partial charge in [0.25, 0.3) is 0 Å². The molecule has 5 N–H and O–H groups in total. The highest BCUT2D eigenvalue weighted by atomic mass is 16.3. The van der Waals surface area contributed by atoms with E-state index in [4.69, 9.17) is 0 Å². The van der Waals surface area contributed by atoms with E-state index in [-0.39, 0.29) is 40.7 Å². The summed E-state index contributed by atoms with van der Waals surface area (Å²) in [6, 6.07) is 6.21. The van der Waals surface area contributed by atoms with E-state index in [0.29, 0.717) is 5.56 Å². The minimum absolute atomic E-state index is 0.109. The SMILES string of the molecule is Oc1cc(O)cc(Cc2c(O)cc(O)cc2O)c1. The van der Waals surface area contributed by atoms with Crippen LogP contribution in [-0.2, 0) is 6.42 Å². The molecule has 0 unspecified atom stereocenters. The third kappa shape index (κ3) is 2.40. The molecule has 0 aliphatic carbocycles. The van der Waals surface area contributed by atoms with Gasteiger partial charge in [-0.2, -0.15) is 0 Å². The number of aromatic hydroxyl groups is 5. The second-order valence-corrected chi connectivity index (χ2v) is 4.00. The van der Waals surface area contributed by atoms with E-state index >= 15 is 0 Å². The van der Waals surface area contributed by atoms with Crippen LogP contribution in [0, 0.1) is 0 Å². The molecule has 0 bridgehead atoms. The quantitative estimate of drug-likeness (QED) is 0.558. The zero-order valence-corrected chi connectivity index (χ0v) is 9.33. The summed E-state index contributed by atoms with van der Waals surface area (Å²) < 4.78 is 0. The molecular weight excluding hydrogens is 236 g/mol. The number of benzene rings is 2. The fourth-order valence-corrected chi connectivity index (χ4v) is 1.77. The number of hydrogen-bond donors (Lipinski definition) is 5. The minimum Gasteiger partial charge on any atom is -0.508 e. The molecule has 0 atom stereocenters. The van der Waals surface area contributed by atoms with Crippen molar-refractivity contribution < 1.29 is 25.5 Å². The van der Waals surface area contributed by atoms with Gasteiger partial charge in [0.05, 0.1) is 0 Å². The van der Waals surface area contributed by atoms with Crippen LogP contribution in [0.1, 0.15) is 11.1 Å². The van der Waals surface area contributed by atoms with Crippen LogP contribution in [0.3, 0.4) is 0 Å². The van der Waals surface area contributed by atoms with Crippen LogP contribution in [0.15, 0.2) is 30.3 Å². The molecule has 5 heteroatoms. The maximum Gasteiger partial charge on any atom is 0.126 e. The maximum absolute atomic E-state index is 9.63. The molecule has 2 aromatic carbocycles. The van der Waals surface area contributed by atoms with Crippen LogP contribution in [0.2, 0.25) is 0 Å². The molecule has 0 saturated heterocycles. The Kier molecular flexibility index (Phi) is 2.89. The van der Waals surface area contributed by atoms with E-state index in [9.17, 15) is 25.5 Å². The third-order valence-corrected chi connectivity index (χ3v) is 2.53. The fourth-order valence-electron chi connectivity index (χ4n) is 1.77. The smallest absolute Gasteiger partial charge is 0.126 e. The van der Waals surface area contributed by atoms with Crippen molar-refractivity contribution in [2.75, 3.05) is 0 Å². The number of phenolic OH excluding ortho intramolecular Hbond substituents is 5. The van der Waals surface area contributed by atoms with Gasteiger partial charge in [-0.3, -0.25) is 0 Å². The molecule has 94 valence electrons. The molecule has 18 heavy (non-hydrogen) atoms. The second kappa shape index (κ2) is 4.37. The van der Waals surface area contributed by atoms with Gasteiger partial charge in [0, 0.05) is 30.2 Å². The molecule has 0 aromatic heterocycles. The van der Waals surface area contributed by atoms with Crippen molar-refractivity contribution in [1.82, 2.24) is 0 Å². The highest BCUT2D eigenvalue weighted by molar-refractivity contribution is 5.51. The molecule has 0 amide bonds. The normalized spacial score (nSPS) is 10.4. The van der Waals surface area contributed by atoms with E-state index in [1.807, 2.05) is 0 Å². The van der Waals surface area contributed by atoms with Crippen molar-refractivity contribution in [3.8, 4) is 28.7 Å². The number of hydrogen-bond acceptors (Lipinski definition) is 5. The standard InChI is InChI=1S/C13H12O5/c14-8-1-7(2-9(15)4-8)3-11-12(17)5-10(16)6-13(11)18/h1-2,4-6,14-18H,3H2. The summed E-state index contributed by atoms with van der Waals surface area (Å²) in [5.41, 5.74) is 0.724. The average molecular weight is 248 g/mol. The van der Waals surface area contributed by atoms with E-state index in [0.717, 1.165) is 12.1 Å². The Labute approximate surface area is 103 Å². The molecule has 2 rings (SSSR count). The third-order valence-electron chi connectivity index (χ3n) is 2.53. The summed E-state index contributed by atoms with van der Waals surface area (Å²) in [7, 11) is 0. The molecule has 2 aromatic rings. The van der Waals surface area contributed by atoms with Crippen molar-refractivity contribution in [3.63, 3.8) is 0 Å².